The fraction of sp³-hybridized carbons (Fsp3) is 0.846. The number of carboxylic acid groups (broad SMARTS) is 2. The van der Waals surface area contributed by atoms with Gasteiger partial charge in [0.05, 0.1) is 0 Å². The molecule has 1 unspecified atom stereocenters. The van der Waals surface area contributed by atoms with Crippen molar-refractivity contribution < 1.29 is 19.8 Å². The summed E-state index contributed by atoms with van der Waals surface area (Å²) in [5.74, 6) is -2.20. The molecule has 1 atom stereocenters. The van der Waals surface area contributed by atoms with Crippen LogP contribution in [0.2, 0.25) is 0 Å². The van der Waals surface area contributed by atoms with E-state index in [-0.39, 0.29) is 12.8 Å². The fourth-order valence-electron chi connectivity index (χ4n) is 1.33. The van der Waals surface area contributed by atoms with Gasteiger partial charge < -0.3 is 21.7 Å². The number of rotatable bonds is 10. The second kappa shape index (κ2) is 14.9. The van der Waals surface area contributed by atoms with Gasteiger partial charge in [0, 0.05) is 6.42 Å². The third-order valence-electron chi connectivity index (χ3n) is 2.54. The molecule has 6 N–H and O–H groups in total. The summed E-state index contributed by atoms with van der Waals surface area (Å²) in [5.41, 5.74) is 10.3. The van der Waals surface area contributed by atoms with Crippen LogP contribution >= 0.6 is 0 Å². The zero-order valence-electron chi connectivity index (χ0n) is 11.8. The zero-order chi connectivity index (χ0) is 15.1. The van der Waals surface area contributed by atoms with E-state index in [0.29, 0.717) is 0 Å². The molecule has 0 saturated heterocycles. The minimum Gasteiger partial charge on any atom is -0.481 e. The fourth-order valence-corrected chi connectivity index (χ4v) is 1.33. The molecule has 0 aromatic heterocycles. The first-order chi connectivity index (χ1) is 8.95. The van der Waals surface area contributed by atoms with Crippen LogP contribution in [0.1, 0.15) is 58.3 Å². The molecule has 0 aromatic carbocycles. The SMILES string of the molecule is CCCCCCCCN.NC(CCC(=O)O)C(=O)O. The number of unbranched alkanes of at least 4 members (excludes halogenated alkanes) is 5. The molecule has 0 amide bonds. The second-order valence-corrected chi connectivity index (χ2v) is 4.43. The molecule has 0 bridgehead atoms. The van der Waals surface area contributed by atoms with Gasteiger partial charge in [0.2, 0.25) is 0 Å². The van der Waals surface area contributed by atoms with Crippen molar-refractivity contribution in [3.8, 4) is 0 Å². The van der Waals surface area contributed by atoms with E-state index in [4.69, 9.17) is 21.7 Å². The second-order valence-electron chi connectivity index (χ2n) is 4.43. The van der Waals surface area contributed by atoms with Gasteiger partial charge in [-0.3, -0.25) is 9.59 Å². The lowest BCUT2D eigenvalue weighted by Gasteiger charge is -2.01. The molecule has 0 fully saturated rings. The average Bonchev–Trinajstić information content (AvgIpc) is 2.36. The van der Waals surface area contributed by atoms with Crippen LogP contribution in [-0.4, -0.2) is 34.7 Å². The first kappa shape index (κ1) is 20.2. The summed E-state index contributed by atoms with van der Waals surface area (Å²) >= 11 is 0. The van der Waals surface area contributed by atoms with Crippen LogP contribution in [0, 0.1) is 0 Å². The van der Waals surface area contributed by atoms with Crippen molar-refractivity contribution in [2.24, 2.45) is 11.5 Å². The van der Waals surface area contributed by atoms with Crippen LogP contribution in [0.5, 0.6) is 0 Å². The topological polar surface area (TPSA) is 127 Å². The lowest BCUT2D eigenvalue weighted by molar-refractivity contribution is -0.139. The quantitative estimate of drug-likeness (QED) is 0.448. The summed E-state index contributed by atoms with van der Waals surface area (Å²) in [7, 11) is 0. The van der Waals surface area contributed by atoms with Crippen molar-refractivity contribution in [2.45, 2.75) is 64.3 Å². The Morgan fingerprint density at radius 1 is 1.05 bits per heavy atom. The Balaban J connectivity index is 0. The Morgan fingerprint density at radius 3 is 2.00 bits per heavy atom. The summed E-state index contributed by atoms with van der Waals surface area (Å²) in [6.07, 6.45) is 7.83. The summed E-state index contributed by atoms with van der Waals surface area (Å²) in [4.78, 5) is 19.9. The molecule has 0 radical (unpaired) electrons. The Labute approximate surface area is 115 Å². The molecule has 0 aliphatic carbocycles. The van der Waals surface area contributed by atoms with Gasteiger partial charge in [-0.1, -0.05) is 39.0 Å². The third kappa shape index (κ3) is 19.4. The van der Waals surface area contributed by atoms with Crippen LogP contribution in [0.3, 0.4) is 0 Å². The molecule has 0 rings (SSSR count). The van der Waals surface area contributed by atoms with Gasteiger partial charge in [0.15, 0.2) is 0 Å². The maximum absolute atomic E-state index is 9.99. The van der Waals surface area contributed by atoms with E-state index in [9.17, 15) is 9.59 Å². The largest absolute Gasteiger partial charge is 0.481 e. The number of hydrogen-bond donors (Lipinski definition) is 4. The van der Waals surface area contributed by atoms with E-state index in [1.54, 1.807) is 0 Å². The number of aliphatic carboxylic acids is 2. The standard InChI is InChI=1S/C8H19N.C5H9NO4/c1-2-3-4-5-6-7-8-9;6-3(5(9)10)1-2-4(7)8/h2-9H2,1H3;3H,1-2,6H2,(H,7,8)(H,9,10). The van der Waals surface area contributed by atoms with Gasteiger partial charge in [-0.05, 0) is 19.4 Å². The third-order valence-corrected chi connectivity index (χ3v) is 2.54. The maximum Gasteiger partial charge on any atom is 0.320 e. The Morgan fingerprint density at radius 2 is 1.58 bits per heavy atom. The monoisotopic (exact) mass is 276 g/mol. The molecular weight excluding hydrogens is 248 g/mol. The minimum atomic E-state index is -1.17. The number of nitrogens with two attached hydrogens (primary N) is 2. The van der Waals surface area contributed by atoms with Crippen molar-refractivity contribution >= 4 is 11.9 Å². The van der Waals surface area contributed by atoms with E-state index in [2.05, 4.69) is 6.92 Å². The molecule has 0 aliphatic rings. The van der Waals surface area contributed by atoms with Gasteiger partial charge in [-0.25, -0.2) is 0 Å². The lowest BCUT2D eigenvalue weighted by atomic mass is 10.1. The van der Waals surface area contributed by atoms with Gasteiger partial charge in [-0.2, -0.15) is 0 Å². The highest BCUT2D eigenvalue weighted by atomic mass is 16.4. The Hall–Kier alpha value is -1.14. The molecule has 6 heteroatoms. The summed E-state index contributed by atoms with van der Waals surface area (Å²) in [5, 5.41) is 16.3. The highest BCUT2D eigenvalue weighted by molar-refractivity contribution is 5.74. The summed E-state index contributed by atoms with van der Waals surface area (Å²) in [6, 6.07) is -1.06. The predicted octanol–water partition coefficient (Wildman–Crippen LogP) is 1.57. The van der Waals surface area contributed by atoms with E-state index >= 15 is 0 Å². The van der Waals surface area contributed by atoms with Crippen LogP contribution in [0.4, 0.5) is 0 Å². The number of carbonyl (C=O) groups is 2. The average molecular weight is 276 g/mol. The smallest absolute Gasteiger partial charge is 0.320 e. The lowest BCUT2D eigenvalue weighted by Crippen LogP contribution is -2.30. The van der Waals surface area contributed by atoms with Gasteiger partial charge in [0.25, 0.3) is 0 Å². The molecule has 0 aliphatic heterocycles. The van der Waals surface area contributed by atoms with Crippen LogP contribution in [0.25, 0.3) is 0 Å². The number of carboxylic acids is 2. The molecule has 0 spiro atoms. The minimum absolute atomic E-state index is 0.0231. The van der Waals surface area contributed by atoms with Gasteiger partial charge in [-0.15, -0.1) is 0 Å². The van der Waals surface area contributed by atoms with E-state index < -0.39 is 18.0 Å². The van der Waals surface area contributed by atoms with Crippen LogP contribution in [0.15, 0.2) is 0 Å². The van der Waals surface area contributed by atoms with E-state index in [0.717, 1.165) is 6.54 Å². The maximum atomic E-state index is 9.99. The molecule has 19 heavy (non-hydrogen) atoms. The van der Waals surface area contributed by atoms with E-state index in [1.807, 2.05) is 0 Å². The molecule has 6 nitrogen and oxygen atoms in total. The van der Waals surface area contributed by atoms with Crippen LogP contribution in [-0.2, 0) is 9.59 Å². The summed E-state index contributed by atoms with van der Waals surface area (Å²) < 4.78 is 0. The molecule has 0 saturated carbocycles. The Bertz CT molecular complexity index is 229. The molecule has 0 heterocycles. The van der Waals surface area contributed by atoms with Crippen molar-refractivity contribution in [1.82, 2.24) is 0 Å². The Kier molecular flexibility index (Phi) is 15.8. The molecule has 0 aromatic rings. The zero-order valence-corrected chi connectivity index (χ0v) is 11.8. The molecular formula is C13H28N2O4. The van der Waals surface area contributed by atoms with E-state index in [1.165, 1.54) is 38.5 Å². The first-order valence-corrected chi connectivity index (χ1v) is 6.85. The van der Waals surface area contributed by atoms with Crippen molar-refractivity contribution in [3.05, 3.63) is 0 Å². The van der Waals surface area contributed by atoms with Crippen molar-refractivity contribution in [3.63, 3.8) is 0 Å². The predicted molar refractivity (Wildman–Crippen MR) is 74.9 cm³/mol. The molecule has 114 valence electrons. The first-order valence-electron chi connectivity index (χ1n) is 6.85. The van der Waals surface area contributed by atoms with Gasteiger partial charge in [0.1, 0.15) is 6.04 Å². The number of hydrogen-bond acceptors (Lipinski definition) is 4. The summed E-state index contributed by atoms with van der Waals surface area (Å²) in [6.45, 7) is 3.11. The highest BCUT2D eigenvalue weighted by Gasteiger charge is 2.12. The van der Waals surface area contributed by atoms with Crippen molar-refractivity contribution in [2.75, 3.05) is 6.54 Å². The normalized spacial score (nSPS) is 11.3. The van der Waals surface area contributed by atoms with Gasteiger partial charge >= 0.3 is 11.9 Å². The van der Waals surface area contributed by atoms with Crippen molar-refractivity contribution in [1.29, 1.82) is 0 Å². The highest BCUT2D eigenvalue weighted by Crippen LogP contribution is 2.03. The van der Waals surface area contributed by atoms with Crippen LogP contribution < -0.4 is 11.5 Å².